The Morgan fingerprint density at radius 1 is 0.246 bits per heavy atom. The average molecular weight is 728 g/mol. The van der Waals surface area contributed by atoms with Crippen LogP contribution in [0.25, 0.3) is 77.2 Å². The van der Waals surface area contributed by atoms with E-state index in [4.69, 9.17) is 0 Å². The molecule has 0 radical (unpaired) electrons. The molecule has 0 saturated heterocycles. The number of aromatic nitrogens is 2. The van der Waals surface area contributed by atoms with Crippen LogP contribution in [0.5, 0.6) is 0 Å². The second-order valence-corrected chi connectivity index (χ2v) is 14.6. The van der Waals surface area contributed by atoms with Crippen LogP contribution in [0.4, 0.5) is 17.1 Å². The molecule has 57 heavy (non-hydrogen) atoms. The highest BCUT2D eigenvalue weighted by molar-refractivity contribution is 6.10. The quantitative estimate of drug-likeness (QED) is 0.159. The molecule has 268 valence electrons. The third-order valence-electron chi connectivity index (χ3n) is 11.3. The smallest absolute Gasteiger partial charge is 0.0541 e. The van der Waals surface area contributed by atoms with Gasteiger partial charge in [0, 0.05) is 50.0 Å². The standard InChI is InChI=1S/C54H37N3/c1-2-13-38(14-3-1)39-25-29-42(30-26-39)55(44-33-35-45(36-34-44)56-51-21-8-4-17-47(51)48-18-5-9-22-52(48)56)43-31-27-40(28-32-43)41-15-12-16-46(37-41)57-53-23-10-6-19-49(53)50-20-7-11-24-54(50)57/h1-37H. The third-order valence-corrected chi connectivity index (χ3v) is 11.3. The van der Waals surface area contributed by atoms with Crippen molar-refractivity contribution in [2.45, 2.75) is 0 Å². The number of benzene rings is 9. The molecule has 11 aromatic rings. The predicted octanol–water partition coefficient (Wildman–Crippen LogP) is 14.7. The maximum absolute atomic E-state index is 2.38. The summed E-state index contributed by atoms with van der Waals surface area (Å²) in [5.41, 5.74) is 15.1. The van der Waals surface area contributed by atoms with Crippen LogP contribution in [-0.2, 0) is 0 Å². The summed E-state index contributed by atoms with van der Waals surface area (Å²) in [6, 6.07) is 81.0. The molecule has 0 atom stereocenters. The molecule has 0 N–H and O–H groups in total. The minimum atomic E-state index is 1.09. The summed E-state index contributed by atoms with van der Waals surface area (Å²) in [6.07, 6.45) is 0. The van der Waals surface area contributed by atoms with Crippen LogP contribution in [0.3, 0.4) is 0 Å². The predicted molar refractivity (Wildman–Crippen MR) is 241 cm³/mol. The fourth-order valence-electron chi connectivity index (χ4n) is 8.66. The van der Waals surface area contributed by atoms with E-state index in [9.17, 15) is 0 Å². The van der Waals surface area contributed by atoms with Gasteiger partial charge in [0.05, 0.1) is 22.1 Å². The number of anilines is 3. The number of hydrogen-bond acceptors (Lipinski definition) is 1. The molecule has 0 unspecified atom stereocenters. The van der Waals surface area contributed by atoms with Crippen molar-refractivity contribution in [3.63, 3.8) is 0 Å². The molecular weight excluding hydrogens is 691 g/mol. The van der Waals surface area contributed by atoms with Crippen molar-refractivity contribution >= 4 is 60.7 Å². The molecule has 0 amide bonds. The first-order valence-electron chi connectivity index (χ1n) is 19.5. The Labute approximate surface area is 331 Å². The molecular formula is C54H37N3. The Hall–Kier alpha value is -7.62. The maximum Gasteiger partial charge on any atom is 0.0541 e. The van der Waals surface area contributed by atoms with E-state index < -0.39 is 0 Å². The van der Waals surface area contributed by atoms with Gasteiger partial charge in [-0.2, -0.15) is 0 Å². The maximum atomic E-state index is 2.38. The summed E-state index contributed by atoms with van der Waals surface area (Å²) in [5.74, 6) is 0. The molecule has 0 bridgehead atoms. The Morgan fingerprint density at radius 2 is 0.596 bits per heavy atom. The minimum Gasteiger partial charge on any atom is -0.311 e. The van der Waals surface area contributed by atoms with E-state index in [0.29, 0.717) is 0 Å². The van der Waals surface area contributed by atoms with Crippen LogP contribution < -0.4 is 4.90 Å². The largest absolute Gasteiger partial charge is 0.311 e. The lowest BCUT2D eigenvalue weighted by Gasteiger charge is -2.26. The van der Waals surface area contributed by atoms with E-state index in [0.717, 1.165) is 28.4 Å². The van der Waals surface area contributed by atoms with Gasteiger partial charge in [0.25, 0.3) is 0 Å². The highest BCUT2D eigenvalue weighted by atomic mass is 15.1. The van der Waals surface area contributed by atoms with Gasteiger partial charge in [0.15, 0.2) is 0 Å². The van der Waals surface area contributed by atoms with Gasteiger partial charge in [0.1, 0.15) is 0 Å². The average Bonchev–Trinajstić information content (AvgIpc) is 3.81. The lowest BCUT2D eigenvalue weighted by atomic mass is 10.0. The number of nitrogens with zero attached hydrogens (tertiary/aromatic N) is 3. The Kier molecular flexibility index (Phi) is 7.82. The number of hydrogen-bond donors (Lipinski definition) is 0. The van der Waals surface area contributed by atoms with E-state index in [1.165, 1.54) is 65.9 Å². The lowest BCUT2D eigenvalue weighted by Crippen LogP contribution is -2.10. The van der Waals surface area contributed by atoms with E-state index in [2.05, 4.69) is 238 Å². The number of para-hydroxylation sites is 4. The molecule has 3 heteroatoms. The van der Waals surface area contributed by atoms with Crippen LogP contribution in [0.1, 0.15) is 0 Å². The van der Waals surface area contributed by atoms with Crippen LogP contribution in [0, 0.1) is 0 Å². The zero-order chi connectivity index (χ0) is 37.7. The van der Waals surface area contributed by atoms with E-state index in [1.807, 2.05) is 0 Å². The molecule has 2 aromatic heterocycles. The summed E-state index contributed by atoms with van der Waals surface area (Å²) in [4.78, 5) is 2.35. The molecule has 0 aliphatic heterocycles. The lowest BCUT2D eigenvalue weighted by molar-refractivity contribution is 1.17. The first kappa shape index (κ1) is 32.8. The topological polar surface area (TPSA) is 13.1 Å². The van der Waals surface area contributed by atoms with E-state index in [1.54, 1.807) is 0 Å². The molecule has 0 fully saturated rings. The van der Waals surface area contributed by atoms with Crippen LogP contribution in [0.15, 0.2) is 224 Å². The molecule has 0 aliphatic rings. The van der Waals surface area contributed by atoms with Gasteiger partial charge in [0.2, 0.25) is 0 Å². The van der Waals surface area contributed by atoms with Gasteiger partial charge in [-0.25, -0.2) is 0 Å². The highest BCUT2D eigenvalue weighted by Gasteiger charge is 2.17. The molecule has 0 spiro atoms. The fourth-order valence-corrected chi connectivity index (χ4v) is 8.66. The number of rotatable bonds is 7. The Bertz CT molecular complexity index is 3100. The second-order valence-electron chi connectivity index (χ2n) is 14.6. The van der Waals surface area contributed by atoms with Crippen molar-refractivity contribution < 1.29 is 0 Å². The summed E-state index contributed by atoms with van der Waals surface area (Å²) >= 11 is 0. The molecule has 3 nitrogen and oxygen atoms in total. The second kappa shape index (κ2) is 13.6. The van der Waals surface area contributed by atoms with Crippen LogP contribution in [-0.4, -0.2) is 9.13 Å². The summed E-state index contributed by atoms with van der Waals surface area (Å²) in [7, 11) is 0. The summed E-state index contributed by atoms with van der Waals surface area (Å²) < 4.78 is 4.75. The summed E-state index contributed by atoms with van der Waals surface area (Å²) in [5, 5.41) is 5.06. The van der Waals surface area contributed by atoms with Crippen LogP contribution in [0.2, 0.25) is 0 Å². The summed E-state index contributed by atoms with van der Waals surface area (Å²) in [6.45, 7) is 0. The molecule has 0 aliphatic carbocycles. The van der Waals surface area contributed by atoms with Crippen molar-refractivity contribution in [3.8, 4) is 33.6 Å². The zero-order valence-electron chi connectivity index (χ0n) is 31.2. The SMILES string of the molecule is c1ccc(-c2ccc(N(c3ccc(-c4cccc(-n5c6ccccc6c6ccccc65)c4)cc3)c3ccc(-n4c5ccccc5c5ccccc54)cc3)cc2)cc1. The normalized spacial score (nSPS) is 11.5. The van der Waals surface area contributed by atoms with Gasteiger partial charge in [-0.3, -0.25) is 0 Å². The fraction of sp³-hybridized carbons (Fsp3) is 0. The Morgan fingerprint density at radius 3 is 1.07 bits per heavy atom. The number of fused-ring (bicyclic) bond motifs is 6. The molecule has 9 aromatic carbocycles. The van der Waals surface area contributed by atoms with Gasteiger partial charge >= 0.3 is 0 Å². The van der Waals surface area contributed by atoms with Crippen molar-refractivity contribution in [1.29, 1.82) is 0 Å². The highest BCUT2D eigenvalue weighted by Crippen LogP contribution is 2.39. The van der Waals surface area contributed by atoms with E-state index >= 15 is 0 Å². The van der Waals surface area contributed by atoms with Gasteiger partial charge in [-0.05, 0) is 107 Å². The van der Waals surface area contributed by atoms with Gasteiger partial charge in [-0.15, -0.1) is 0 Å². The molecule has 11 rings (SSSR count). The monoisotopic (exact) mass is 727 g/mol. The minimum absolute atomic E-state index is 1.09. The first-order chi connectivity index (χ1) is 28.3. The van der Waals surface area contributed by atoms with Crippen molar-refractivity contribution in [2.24, 2.45) is 0 Å². The van der Waals surface area contributed by atoms with Crippen molar-refractivity contribution in [1.82, 2.24) is 9.13 Å². The van der Waals surface area contributed by atoms with Gasteiger partial charge in [-0.1, -0.05) is 140 Å². The van der Waals surface area contributed by atoms with E-state index in [-0.39, 0.29) is 0 Å². The van der Waals surface area contributed by atoms with Gasteiger partial charge < -0.3 is 14.0 Å². The van der Waals surface area contributed by atoms with Crippen molar-refractivity contribution in [3.05, 3.63) is 224 Å². The Balaban J connectivity index is 0.987. The van der Waals surface area contributed by atoms with Crippen LogP contribution >= 0.6 is 0 Å². The first-order valence-corrected chi connectivity index (χ1v) is 19.5. The molecule has 2 heterocycles. The third kappa shape index (κ3) is 5.60. The molecule has 0 saturated carbocycles. The zero-order valence-corrected chi connectivity index (χ0v) is 31.2. The van der Waals surface area contributed by atoms with Crippen molar-refractivity contribution in [2.75, 3.05) is 4.90 Å².